The number of primary amides is 1. The minimum Gasteiger partial charge on any atom is -0.452 e. The normalized spacial score (nSPS) is 10.9. The smallest absolute Gasteiger partial charge is 0.338 e. The second-order valence-corrected chi connectivity index (χ2v) is 6.93. The molecule has 0 radical (unpaired) electrons. The Morgan fingerprint density at radius 3 is 2.16 bits per heavy atom. The fraction of sp³-hybridized carbons (Fsp3) is 0.176. The summed E-state index contributed by atoms with van der Waals surface area (Å²) >= 11 is 0. The number of hydrogen-bond donors (Lipinski definition) is 1. The highest BCUT2D eigenvalue weighted by molar-refractivity contribution is 7.92. The minimum absolute atomic E-state index is 0.0460. The molecule has 132 valence electrons. The number of nitrogens with zero attached hydrogens (tertiary/aromatic N) is 1. The molecule has 0 atom stereocenters. The summed E-state index contributed by atoms with van der Waals surface area (Å²) in [6.07, 6.45) is 0. The minimum atomic E-state index is -3.77. The lowest BCUT2D eigenvalue weighted by molar-refractivity contribution is -0.121. The average Bonchev–Trinajstić information content (AvgIpc) is 2.61. The van der Waals surface area contributed by atoms with Gasteiger partial charge in [0.1, 0.15) is 0 Å². The molecule has 2 N–H and O–H groups in total. The van der Waals surface area contributed by atoms with Crippen LogP contribution in [0.1, 0.15) is 17.3 Å². The molecule has 0 fully saturated rings. The quantitative estimate of drug-likeness (QED) is 0.752. The third-order valence-electron chi connectivity index (χ3n) is 3.35. The highest BCUT2D eigenvalue weighted by atomic mass is 32.2. The number of esters is 1. The standard InChI is InChI=1S/C17H18N2O5S/c1-2-19(14-6-4-3-5-7-14)25(22,23)15-10-8-13(9-11-15)17(21)24-12-16(18)20/h3-11H,2,12H2,1H3,(H2,18,20). The molecule has 25 heavy (non-hydrogen) atoms. The number of rotatable bonds is 7. The Morgan fingerprint density at radius 1 is 1.04 bits per heavy atom. The topological polar surface area (TPSA) is 107 Å². The summed E-state index contributed by atoms with van der Waals surface area (Å²) in [5.74, 6) is -1.52. The summed E-state index contributed by atoms with van der Waals surface area (Å²) in [5.41, 5.74) is 5.58. The van der Waals surface area contributed by atoms with Gasteiger partial charge in [-0.25, -0.2) is 13.2 Å². The Labute approximate surface area is 146 Å². The number of para-hydroxylation sites is 1. The molecule has 0 aliphatic carbocycles. The van der Waals surface area contributed by atoms with Gasteiger partial charge in [-0.3, -0.25) is 9.10 Å². The van der Waals surface area contributed by atoms with Crippen LogP contribution in [0.3, 0.4) is 0 Å². The number of benzene rings is 2. The maximum absolute atomic E-state index is 12.8. The molecule has 0 bridgehead atoms. The average molecular weight is 362 g/mol. The predicted octanol–water partition coefficient (Wildman–Crippen LogP) is 1.54. The van der Waals surface area contributed by atoms with Crippen LogP contribution in [0, 0.1) is 0 Å². The summed E-state index contributed by atoms with van der Waals surface area (Å²) in [4.78, 5) is 22.4. The molecule has 7 nitrogen and oxygen atoms in total. The van der Waals surface area contributed by atoms with E-state index < -0.39 is 28.5 Å². The van der Waals surface area contributed by atoms with Crippen LogP contribution in [0.15, 0.2) is 59.5 Å². The van der Waals surface area contributed by atoms with E-state index in [-0.39, 0.29) is 17.0 Å². The molecule has 2 aromatic rings. The van der Waals surface area contributed by atoms with Crippen LogP contribution in [0.4, 0.5) is 5.69 Å². The fourth-order valence-electron chi connectivity index (χ4n) is 2.20. The first-order valence-electron chi connectivity index (χ1n) is 7.49. The number of nitrogens with two attached hydrogens (primary N) is 1. The van der Waals surface area contributed by atoms with Crippen molar-refractivity contribution in [2.24, 2.45) is 5.73 Å². The lowest BCUT2D eigenvalue weighted by atomic mass is 10.2. The fourth-order valence-corrected chi connectivity index (χ4v) is 3.67. The van der Waals surface area contributed by atoms with Gasteiger partial charge in [0.15, 0.2) is 6.61 Å². The maximum Gasteiger partial charge on any atom is 0.338 e. The molecule has 0 heterocycles. The van der Waals surface area contributed by atoms with Crippen molar-refractivity contribution in [3.8, 4) is 0 Å². The van der Waals surface area contributed by atoms with Crippen molar-refractivity contribution >= 4 is 27.6 Å². The lowest BCUT2D eigenvalue weighted by Gasteiger charge is -2.22. The summed E-state index contributed by atoms with van der Waals surface area (Å²) in [5, 5.41) is 0. The van der Waals surface area contributed by atoms with E-state index in [0.29, 0.717) is 5.69 Å². The van der Waals surface area contributed by atoms with E-state index in [4.69, 9.17) is 5.73 Å². The second kappa shape index (κ2) is 7.80. The third-order valence-corrected chi connectivity index (χ3v) is 5.27. The number of ether oxygens (including phenoxy) is 1. The van der Waals surface area contributed by atoms with Gasteiger partial charge in [-0.1, -0.05) is 18.2 Å². The van der Waals surface area contributed by atoms with Crippen molar-refractivity contribution in [1.29, 1.82) is 0 Å². The van der Waals surface area contributed by atoms with Gasteiger partial charge >= 0.3 is 5.97 Å². The first-order valence-corrected chi connectivity index (χ1v) is 8.93. The van der Waals surface area contributed by atoms with Gasteiger partial charge in [-0.05, 0) is 43.3 Å². The van der Waals surface area contributed by atoms with E-state index in [1.54, 1.807) is 37.3 Å². The maximum atomic E-state index is 12.8. The Bertz CT molecular complexity index is 848. The zero-order chi connectivity index (χ0) is 18.4. The van der Waals surface area contributed by atoms with Gasteiger partial charge in [-0.15, -0.1) is 0 Å². The van der Waals surface area contributed by atoms with E-state index in [1.165, 1.54) is 28.6 Å². The molecule has 2 aromatic carbocycles. The number of sulfonamides is 1. The van der Waals surface area contributed by atoms with Gasteiger partial charge in [0.05, 0.1) is 16.1 Å². The van der Waals surface area contributed by atoms with Crippen molar-refractivity contribution in [3.63, 3.8) is 0 Å². The molecule has 1 amide bonds. The Balaban J connectivity index is 2.25. The van der Waals surface area contributed by atoms with Gasteiger partial charge in [0.25, 0.3) is 15.9 Å². The van der Waals surface area contributed by atoms with Crippen LogP contribution in [-0.2, 0) is 19.6 Å². The summed E-state index contributed by atoms with van der Waals surface area (Å²) in [6.45, 7) is 1.46. The highest BCUT2D eigenvalue weighted by Crippen LogP contribution is 2.23. The van der Waals surface area contributed by atoms with Gasteiger partial charge in [0.2, 0.25) is 0 Å². The SMILES string of the molecule is CCN(c1ccccc1)S(=O)(=O)c1ccc(C(=O)OCC(N)=O)cc1. The van der Waals surface area contributed by atoms with Crippen LogP contribution < -0.4 is 10.0 Å². The highest BCUT2D eigenvalue weighted by Gasteiger charge is 2.23. The van der Waals surface area contributed by atoms with Gasteiger partial charge in [-0.2, -0.15) is 0 Å². The van der Waals surface area contributed by atoms with Crippen LogP contribution in [0.2, 0.25) is 0 Å². The van der Waals surface area contributed by atoms with Gasteiger partial charge in [0, 0.05) is 6.54 Å². The largest absolute Gasteiger partial charge is 0.452 e. The molecule has 0 saturated carbocycles. The van der Waals surface area contributed by atoms with Crippen LogP contribution >= 0.6 is 0 Å². The molecular weight excluding hydrogens is 344 g/mol. The molecule has 0 spiro atoms. The number of carbonyl (C=O) groups is 2. The summed E-state index contributed by atoms with van der Waals surface area (Å²) in [7, 11) is -3.77. The van der Waals surface area contributed by atoms with Gasteiger partial charge < -0.3 is 10.5 Å². The zero-order valence-corrected chi connectivity index (χ0v) is 14.4. The molecule has 2 rings (SSSR count). The molecule has 0 unspecified atom stereocenters. The summed E-state index contributed by atoms with van der Waals surface area (Å²) in [6, 6.07) is 14.0. The van der Waals surface area contributed by atoms with Crippen molar-refractivity contribution in [3.05, 3.63) is 60.2 Å². The lowest BCUT2D eigenvalue weighted by Crippen LogP contribution is -2.30. The van der Waals surface area contributed by atoms with Crippen molar-refractivity contribution in [2.75, 3.05) is 17.5 Å². The van der Waals surface area contributed by atoms with E-state index >= 15 is 0 Å². The number of anilines is 1. The number of amides is 1. The van der Waals surface area contributed by atoms with Crippen LogP contribution in [0.5, 0.6) is 0 Å². The number of hydrogen-bond acceptors (Lipinski definition) is 5. The van der Waals surface area contributed by atoms with E-state index in [2.05, 4.69) is 4.74 Å². The van der Waals surface area contributed by atoms with Crippen molar-refractivity contribution in [2.45, 2.75) is 11.8 Å². The molecular formula is C17H18N2O5S. The first kappa shape index (κ1) is 18.5. The zero-order valence-electron chi connectivity index (χ0n) is 13.6. The van der Waals surface area contributed by atoms with Crippen molar-refractivity contribution < 1.29 is 22.7 Å². The van der Waals surface area contributed by atoms with Crippen LogP contribution in [-0.4, -0.2) is 33.4 Å². The van der Waals surface area contributed by atoms with E-state index in [1.807, 2.05) is 0 Å². The third kappa shape index (κ3) is 4.36. The monoisotopic (exact) mass is 362 g/mol. The molecule has 0 aromatic heterocycles. The first-order chi connectivity index (χ1) is 11.9. The Morgan fingerprint density at radius 2 is 1.64 bits per heavy atom. The Kier molecular flexibility index (Phi) is 5.76. The van der Waals surface area contributed by atoms with Crippen LogP contribution in [0.25, 0.3) is 0 Å². The van der Waals surface area contributed by atoms with Crippen molar-refractivity contribution in [1.82, 2.24) is 0 Å². The number of carbonyl (C=O) groups excluding carboxylic acids is 2. The van der Waals surface area contributed by atoms with E-state index in [0.717, 1.165) is 0 Å². The molecule has 0 saturated heterocycles. The van der Waals surface area contributed by atoms with E-state index in [9.17, 15) is 18.0 Å². The molecule has 8 heteroatoms. The molecule has 0 aliphatic heterocycles. The molecule has 0 aliphatic rings. The predicted molar refractivity (Wildman–Crippen MR) is 92.6 cm³/mol. The second-order valence-electron chi connectivity index (χ2n) is 5.07. The Hall–Kier alpha value is -2.87. The summed E-state index contributed by atoms with van der Waals surface area (Å²) < 4.78 is 31.6.